The van der Waals surface area contributed by atoms with E-state index in [4.69, 9.17) is 0 Å². The topological polar surface area (TPSA) is 71.1 Å². The van der Waals surface area contributed by atoms with Crippen LogP contribution in [0.3, 0.4) is 0 Å². The molecule has 0 unspecified atom stereocenters. The Balaban J connectivity index is 1.95. The lowest BCUT2D eigenvalue weighted by atomic mass is 10.2. The minimum absolute atomic E-state index is 0.320. The number of nitrogens with one attached hydrogen (secondary N) is 2. The number of hydrogen-bond acceptors (Lipinski definition) is 3. The Labute approximate surface area is 126 Å². The zero-order valence-corrected chi connectivity index (χ0v) is 12.7. The highest BCUT2D eigenvalue weighted by Crippen LogP contribution is 2.13. The second-order valence-corrected chi connectivity index (χ2v) is 5.94. The molecule has 2 aromatic rings. The van der Waals surface area contributed by atoms with Crippen LogP contribution in [0.15, 0.2) is 47.5 Å². The Morgan fingerprint density at radius 1 is 1.29 bits per heavy atom. The number of urea groups is 1. The number of hydrogen-bond donors (Lipinski definition) is 2. The molecule has 6 heteroatoms. The molecule has 0 fully saturated rings. The third kappa shape index (κ3) is 4.39. The molecule has 0 aliphatic carbocycles. The van der Waals surface area contributed by atoms with E-state index in [9.17, 15) is 9.00 Å². The lowest BCUT2D eigenvalue weighted by Crippen LogP contribution is -2.28. The Morgan fingerprint density at radius 3 is 2.81 bits per heavy atom. The fourth-order valence-electron chi connectivity index (χ4n) is 1.80. The molecule has 2 rings (SSSR count). The summed E-state index contributed by atoms with van der Waals surface area (Å²) in [4.78, 5) is 16.7. The smallest absolute Gasteiger partial charge is 0.319 e. The normalized spacial score (nSPS) is 11.7. The second kappa shape index (κ2) is 6.99. The first-order valence-corrected chi connectivity index (χ1v) is 8.01. The summed E-state index contributed by atoms with van der Waals surface area (Å²) in [7, 11) is -1.07. The van der Waals surface area contributed by atoms with Gasteiger partial charge in [0.25, 0.3) is 0 Å². The van der Waals surface area contributed by atoms with Crippen molar-refractivity contribution in [1.82, 2.24) is 10.3 Å². The zero-order chi connectivity index (χ0) is 15.2. The standard InChI is InChI=1S/C15H17N3O2S/c1-11-5-4-8-16-14(11)10-17-15(19)18-12-6-3-7-13(9-12)21(2)20/h3-9H,10H2,1-2H3,(H2,17,18,19)/t21-/m0/s1. The summed E-state index contributed by atoms with van der Waals surface area (Å²) in [5, 5.41) is 5.46. The van der Waals surface area contributed by atoms with Crippen LogP contribution in [0.5, 0.6) is 0 Å². The van der Waals surface area contributed by atoms with Crippen molar-refractivity contribution in [1.29, 1.82) is 0 Å². The quantitative estimate of drug-likeness (QED) is 0.911. The van der Waals surface area contributed by atoms with E-state index in [1.807, 2.05) is 19.1 Å². The Bertz CT molecular complexity index is 673. The number of aryl methyl sites for hydroxylation is 1. The van der Waals surface area contributed by atoms with Crippen LogP contribution in [0, 0.1) is 6.92 Å². The van der Waals surface area contributed by atoms with E-state index in [0.29, 0.717) is 17.1 Å². The van der Waals surface area contributed by atoms with Crippen LogP contribution in [0.1, 0.15) is 11.3 Å². The summed E-state index contributed by atoms with van der Waals surface area (Å²) in [5.41, 5.74) is 2.47. The first kappa shape index (κ1) is 15.2. The fraction of sp³-hybridized carbons (Fsp3) is 0.200. The number of carbonyl (C=O) groups is 1. The van der Waals surface area contributed by atoms with Gasteiger partial charge in [-0.05, 0) is 36.8 Å². The van der Waals surface area contributed by atoms with E-state index < -0.39 is 10.8 Å². The van der Waals surface area contributed by atoms with Crippen molar-refractivity contribution < 1.29 is 9.00 Å². The maximum Gasteiger partial charge on any atom is 0.319 e. The highest BCUT2D eigenvalue weighted by atomic mass is 32.2. The molecule has 1 aromatic carbocycles. The summed E-state index contributed by atoms with van der Waals surface area (Å²) in [5.74, 6) is 0. The molecule has 1 heterocycles. The number of carbonyl (C=O) groups excluding carboxylic acids is 1. The first-order valence-electron chi connectivity index (χ1n) is 6.45. The molecule has 0 aliphatic rings. The third-order valence-corrected chi connectivity index (χ3v) is 3.88. The van der Waals surface area contributed by atoms with Crippen molar-refractivity contribution in [2.24, 2.45) is 0 Å². The molecular formula is C15H17N3O2S. The van der Waals surface area contributed by atoms with E-state index in [2.05, 4.69) is 15.6 Å². The van der Waals surface area contributed by atoms with Crippen LogP contribution in [0.25, 0.3) is 0 Å². The molecule has 0 bridgehead atoms. The molecule has 21 heavy (non-hydrogen) atoms. The molecule has 2 amide bonds. The average Bonchev–Trinajstić information content (AvgIpc) is 2.46. The molecule has 0 aliphatic heterocycles. The van der Waals surface area contributed by atoms with Gasteiger partial charge in [-0.3, -0.25) is 9.19 Å². The Hall–Kier alpha value is -2.21. The largest absolute Gasteiger partial charge is 0.332 e. The van der Waals surface area contributed by atoms with Gasteiger partial charge in [-0.1, -0.05) is 12.1 Å². The molecular weight excluding hydrogens is 286 g/mol. The van der Waals surface area contributed by atoms with Gasteiger partial charge in [-0.25, -0.2) is 4.79 Å². The summed E-state index contributed by atoms with van der Waals surface area (Å²) >= 11 is 0. The number of aromatic nitrogens is 1. The van der Waals surface area contributed by atoms with Gasteiger partial charge in [0.2, 0.25) is 0 Å². The number of rotatable bonds is 4. The molecule has 110 valence electrons. The SMILES string of the molecule is Cc1cccnc1CNC(=O)Nc1cccc([S@](C)=O)c1. The summed E-state index contributed by atoms with van der Waals surface area (Å²) < 4.78 is 11.4. The molecule has 0 saturated carbocycles. The number of nitrogens with zero attached hydrogens (tertiary/aromatic N) is 1. The van der Waals surface area contributed by atoms with Crippen molar-refractivity contribution >= 4 is 22.5 Å². The molecule has 2 N–H and O–H groups in total. The van der Waals surface area contributed by atoms with Crippen LogP contribution in [0.4, 0.5) is 10.5 Å². The van der Waals surface area contributed by atoms with Crippen molar-refractivity contribution in [2.75, 3.05) is 11.6 Å². The predicted molar refractivity (Wildman–Crippen MR) is 83.6 cm³/mol. The number of amides is 2. The lowest BCUT2D eigenvalue weighted by molar-refractivity contribution is 0.251. The Kier molecular flexibility index (Phi) is 5.05. The van der Waals surface area contributed by atoms with E-state index in [1.165, 1.54) is 0 Å². The molecule has 0 radical (unpaired) electrons. The lowest BCUT2D eigenvalue weighted by Gasteiger charge is -2.09. The van der Waals surface area contributed by atoms with E-state index in [-0.39, 0.29) is 6.03 Å². The molecule has 5 nitrogen and oxygen atoms in total. The van der Waals surface area contributed by atoms with Gasteiger partial charge in [-0.15, -0.1) is 0 Å². The van der Waals surface area contributed by atoms with E-state index in [1.54, 1.807) is 36.7 Å². The minimum atomic E-state index is -1.07. The number of anilines is 1. The highest BCUT2D eigenvalue weighted by Gasteiger charge is 2.05. The van der Waals surface area contributed by atoms with Gasteiger partial charge in [0, 0.05) is 33.8 Å². The summed E-state index contributed by atoms with van der Waals surface area (Å²) in [6.45, 7) is 2.31. The van der Waals surface area contributed by atoms with Crippen molar-refractivity contribution in [3.05, 3.63) is 53.9 Å². The van der Waals surface area contributed by atoms with E-state index in [0.717, 1.165) is 11.3 Å². The van der Waals surface area contributed by atoms with Crippen molar-refractivity contribution in [3.63, 3.8) is 0 Å². The molecule has 0 saturated heterocycles. The summed E-state index contributed by atoms with van der Waals surface area (Å²) in [6.07, 6.45) is 3.30. The monoisotopic (exact) mass is 303 g/mol. The first-order chi connectivity index (χ1) is 10.1. The minimum Gasteiger partial charge on any atom is -0.332 e. The van der Waals surface area contributed by atoms with Gasteiger partial charge in [0.05, 0.1) is 12.2 Å². The Morgan fingerprint density at radius 2 is 2.10 bits per heavy atom. The van der Waals surface area contributed by atoms with Gasteiger partial charge in [0.1, 0.15) is 0 Å². The maximum absolute atomic E-state index is 11.9. The van der Waals surface area contributed by atoms with Crippen LogP contribution in [-0.2, 0) is 17.3 Å². The van der Waals surface area contributed by atoms with Crippen LogP contribution in [0.2, 0.25) is 0 Å². The predicted octanol–water partition coefficient (Wildman–Crippen LogP) is 2.45. The van der Waals surface area contributed by atoms with E-state index >= 15 is 0 Å². The third-order valence-electron chi connectivity index (χ3n) is 2.96. The highest BCUT2D eigenvalue weighted by molar-refractivity contribution is 7.84. The van der Waals surface area contributed by atoms with Crippen molar-refractivity contribution in [2.45, 2.75) is 18.4 Å². The van der Waals surface area contributed by atoms with Crippen LogP contribution in [-0.4, -0.2) is 21.5 Å². The molecule has 0 spiro atoms. The maximum atomic E-state index is 11.9. The van der Waals surface area contributed by atoms with Gasteiger partial charge in [-0.2, -0.15) is 0 Å². The van der Waals surface area contributed by atoms with Gasteiger partial charge < -0.3 is 10.6 Å². The van der Waals surface area contributed by atoms with Gasteiger partial charge >= 0.3 is 6.03 Å². The van der Waals surface area contributed by atoms with Crippen LogP contribution < -0.4 is 10.6 Å². The van der Waals surface area contributed by atoms with Crippen molar-refractivity contribution in [3.8, 4) is 0 Å². The molecule has 1 aromatic heterocycles. The number of pyridine rings is 1. The number of benzene rings is 1. The van der Waals surface area contributed by atoms with Crippen LogP contribution >= 0.6 is 0 Å². The zero-order valence-electron chi connectivity index (χ0n) is 11.9. The average molecular weight is 303 g/mol. The fourth-order valence-corrected chi connectivity index (χ4v) is 2.36. The summed E-state index contributed by atoms with van der Waals surface area (Å²) in [6, 6.07) is 10.5. The van der Waals surface area contributed by atoms with Gasteiger partial charge in [0.15, 0.2) is 0 Å². The second-order valence-electron chi connectivity index (χ2n) is 4.56. The molecule has 1 atom stereocenters.